The molecule has 2 aromatic carbocycles. The van der Waals surface area contributed by atoms with Crippen molar-refractivity contribution in [2.75, 3.05) is 38.7 Å². The number of hydrogen-bond donors (Lipinski definition) is 1. The number of nitrogens with one attached hydrogen (secondary N) is 1. The molecule has 1 aliphatic rings. The van der Waals surface area contributed by atoms with E-state index in [9.17, 15) is 9.18 Å². The number of likely N-dealkylation sites (tertiary alicyclic amines) is 1. The van der Waals surface area contributed by atoms with Gasteiger partial charge in [0.1, 0.15) is 5.75 Å². The van der Waals surface area contributed by atoms with Crippen LogP contribution in [0.5, 0.6) is 23.0 Å². The molecule has 4 rings (SSSR count). The maximum absolute atomic E-state index is 14.4. The van der Waals surface area contributed by atoms with Gasteiger partial charge in [-0.1, -0.05) is 6.42 Å². The molecule has 1 fully saturated rings. The van der Waals surface area contributed by atoms with Gasteiger partial charge in [0.25, 0.3) is 0 Å². The molecule has 0 atom stereocenters. The predicted molar refractivity (Wildman–Crippen MR) is 125 cm³/mol. The summed E-state index contributed by atoms with van der Waals surface area (Å²) in [6.07, 6.45) is 6.91. The lowest BCUT2D eigenvalue weighted by molar-refractivity contribution is -0.105. The highest BCUT2D eigenvalue weighted by Gasteiger charge is 2.14. The van der Waals surface area contributed by atoms with Crippen LogP contribution in [0.15, 0.2) is 42.6 Å². The number of anilines is 1. The van der Waals surface area contributed by atoms with Gasteiger partial charge in [0, 0.05) is 35.9 Å². The zero-order chi connectivity index (χ0) is 23.0. The SMILES string of the molecule is COc1cc2c(Oc3ccc(NC=O)cc3F)ccnc2cc1OCCCN1CCCCC1. The first-order chi connectivity index (χ1) is 16.2. The van der Waals surface area contributed by atoms with Crippen LogP contribution in [0.4, 0.5) is 10.1 Å². The molecular weight excluding hydrogens is 425 g/mol. The number of nitrogens with zero attached hydrogens (tertiary/aromatic N) is 2. The molecule has 0 unspecified atom stereocenters. The fourth-order valence-electron chi connectivity index (χ4n) is 4.00. The number of hydrogen-bond acceptors (Lipinski definition) is 6. The summed E-state index contributed by atoms with van der Waals surface area (Å²) in [6, 6.07) is 9.49. The van der Waals surface area contributed by atoms with Crippen LogP contribution in [0.2, 0.25) is 0 Å². The van der Waals surface area contributed by atoms with E-state index in [1.54, 1.807) is 31.5 Å². The molecule has 0 radical (unpaired) electrons. The van der Waals surface area contributed by atoms with Crippen LogP contribution < -0.4 is 19.5 Å². The maximum Gasteiger partial charge on any atom is 0.211 e. The molecule has 0 aliphatic carbocycles. The Morgan fingerprint density at radius 1 is 1.06 bits per heavy atom. The highest BCUT2D eigenvalue weighted by atomic mass is 19.1. The second-order valence-corrected chi connectivity index (χ2v) is 7.94. The van der Waals surface area contributed by atoms with E-state index in [1.807, 2.05) is 6.07 Å². The molecule has 1 aliphatic heterocycles. The Balaban J connectivity index is 1.49. The van der Waals surface area contributed by atoms with Gasteiger partial charge < -0.3 is 24.4 Å². The third kappa shape index (κ3) is 5.70. The molecule has 8 heteroatoms. The fraction of sp³-hybridized carbons (Fsp3) is 0.360. The average molecular weight is 454 g/mol. The van der Waals surface area contributed by atoms with Crippen LogP contribution in [-0.4, -0.2) is 49.6 Å². The van der Waals surface area contributed by atoms with E-state index in [1.165, 1.54) is 44.5 Å². The lowest BCUT2D eigenvalue weighted by atomic mass is 10.1. The fourth-order valence-corrected chi connectivity index (χ4v) is 4.00. The topological polar surface area (TPSA) is 72.9 Å². The summed E-state index contributed by atoms with van der Waals surface area (Å²) in [4.78, 5) is 17.5. The summed E-state index contributed by atoms with van der Waals surface area (Å²) < 4.78 is 31.8. The van der Waals surface area contributed by atoms with Crippen LogP contribution in [0, 0.1) is 5.82 Å². The zero-order valence-electron chi connectivity index (χ0n) is 18.7. The number of benzene rings is 2. The predicted octanol–water partition coefficient (Wildman–Crippen LogP) is 5.00. The number of piperidine rings is 1. The van der Waals surface area contributed by atoms with Gasteiger partial charge in [-0.25, -0.2) is 4.39 Å². The molecule has 1 saturated heterocycles. The Bertz CT molecular complexity index is 1100. The number of amides is 1. The molecule has 2 heterocycles. The smallest absolute Gasteiger partial charge is 0.211 e. The molecule has 0 saturated carbocycles. The molecule has 3 aromatic rings. The molecule has 7 nitrogen and oxygen atoms in total. The van der Waals surface area contributed by atoms with Crippen LogP contribution >= 0.6 is 0 Å². The summed E-state index contributed by atoms with van der Waals surface area (Å²) in [5.74, 6) is 1.06. The molecule has 0 bridgehead atoms. The van der Waals surface area contributed by atoms with Crippen molar-refractivity contribution in [3.8, 4) is 23.0 Å². The molecular formula is C25H28FN3O4. The van der Waals surface area contributed by atoms with Gasteiger partial charge in [-0.05, 0) is 56.6 Å². The average Bonchev–Trinajstić information content (AvgIpc) is 2.84. The summed E-state index contributed by atoms with van der Waals surface area (Å²) in [5, 5.41) is 3.08. The van der Waals surface area contributed by atoms with E-state index in [-0.39, 0.29) is 5.75 Å². The number of halogens is 1. The Morgan fingerprint density at radius 3 is 2.67 bits per heavy atom. The van der Waals surface area contributed by atoms with Crippen molar-refractivity contribution in [2.45, 2.75) is 25.7 Å². The van der Waals surface area contributed by atoms with Gasteiger partial charge >= 0.3 is 0 Å². The number of aromatic nitrogens is 1. The second-order valence-electron chi connectivity index (χ2n) is 7.94. The van der Waals surface area contributed by atoms with Crippen molar-refractivity contribution in [2.24, 2.45) is 0 Å². The Labute approximate surface area is 192 Å². The number of rotatable bonds is 10. The third-order valence-electron chi connectivity index (χ3n) is 5.69. The van der Waals surface area contributed by atoms with E-state index in [2.05, 4.69) is 15.2 Å². The number of methoxy groups -OCH3 is 1. The van der Waals surface area contributed by atoms with Crippen LogP contribution in [0.3, 0.4) is 0 Å². The van der Waals surface area contributed by atoms with Crippen LogP contribution in [-0.2, 0) is 4.79 Å². The maximum atomic E-state index is 14.4. The summed E-state index contributed by atoms with van der Waals surface area (Å²) >= 11 is 0. The molecule has 33 heavy (non-hydrogen) atoms. The highest BCUT2D eigenvalue weighted by molar-refractivity contribution is 5.88. The van der Waals surface area contributed by atoms with Gasteiger partial charge in [-0.2, -0.15) is 0 Å². The van der Waals surface area contributed by atoms with Gasteiger partial charge in [0.2, 0.25) is 6.41 Å². The van der Waals surface area contributed by atoms with Crippen LogP contribution in [0.25, 0.3) is 10.9 Å². The number of pyridine rings is 1. The standard InChI is InChI=1S/C25H28FN3O4/c1-31-24-15-19-21(16-25(24)32-13-5-12-29-10-3-2-4-11-29)27-9-8-22(19)33-23-7-6-18(28-17-30)14-20(23)26/h6-9,14-17H,2-5,10-13H2,1H3,(H,28,30). The highest BCUT2D eigenvalue weighted by Crippen LogP contribution is 2.37. The summed E-state index contributed by atoms with van der Waals surface area (Å²) in [5.41, 5.74) is 0.997. The monoisotopic (exact) mass is 453 g/mol. The molecule has 174 valence electrons. The van der Waals surface area contributed by atoms with Crippen molar-refractivity contribution >= 4 is 23.0 Å². The van der Waals surface area contributed by atoms with Gasteiger partial charge in [0.15, 0.2) is 23.1 Å². The number of carbonyl (C=O) groups excluding carboxylic acids is 1. The molecule has 1 amide bonds. The number of ether oxygens (including phenoxy) is 3. The zero-order valence-corrected chi connectivity index (χ0v) is 18.7. The number of carbonyl (C=O) groups is 1. The second kappa shape index (κ2) is 11.0. The normalized spacial score (nSPS) is 14.1. The minimum absolute atomic E-state index is 0.0379. The lowest BCUT2D eigenvalue weighted by Gasteiger charge is -2.26. The number of fused-ring (bicyclic) bond motifs is 1. The van der Waals surface area contributed by atoms with Gasteiger partial charge in [0.05, 0.1) is 19.2 Å². The van der Waals surface area contributed by atoms with E-state index in [0.29, 0.717) is 46.9 Å². The van der Waals surface area contributed by atoms with E-state index < -0.39 is 5.82 Å². The van der Waals surface area contributed by atoms with E-state index in [0.717, 1.165) is 13.0 Å². The Kier molecular flexibility index (Phi) is 7.57. The van der Waals surface area contributed by atoms with Crippen LogP contribution in [0.1, 0.15) is 25.7 Å². The van der Waals surface area contributed by atoms with Crippen molar-refractivity contribution in [3.63, 3.8) is 0 Å². The first-order valence-electron chi connectivity index (χ1n) is 11.2. The van der Waals surface area contributed by atoms with Gasteiger partial charge in [-0.15, -0.1) is 0 Å². The van der Waals surface area contributed by atoms with E-state index in [4.69, 9.17) is 14.2 Å². The van der Waals surface area contributed by atoms with Crippen molar-refractivity contribution < 1.29 is 23.4 Å². The largest absolute Gasteiger partial charge is 0.493 e. The third-order valence-corrected chi connectivity index (χ3v) is 5.69. The molecule has 0 spiro atoms. The van der Waals surface area contributed by atoms with Gasteiger partial charge in [-0.3, -0.25) is 9.78 Å². The Hall–Kier alpha value is -3.39. The van der Waals surface area contributed by atoms with Crippen molar-refractivity contribution in [3.05, 3.63) is 48.4 Å². The van der Waals surface area contributed by atoms with Crippen molar-refractivity contribution in [1.29, 1.82) is 0 Å². The summed E-state index contributed by atoms with van der Waals surface area (Å²) in [7, 11) is 1.58. The molecule has 1 aromatic heterocycles. The van der Waals surface area contributed by atoms with Crippen molar-refractivity contribution in [1.82, 2.24) is 9.88 Å². The quantitative estimate of drug-likeness (QED) is 0.344. The minimum atomic E-state index is -0.590. The van der Waals surface area contributed by atoms with E-state index >= 15 is 0 Å². The first kappa shape index (κ1) is 22.8. The Morgan fingerprint density at radius 2 is 1.91 bits per heavy atom. The molecule has 1 N–H and O–H groups in total. The summed E-state index contributed by atoms with van der Waals surface area (Å²) in [6.45, 7) is 3.95. The lowest BCUT2D eigenvalue weighted by Crippen LogP contribution is -2.31. The first-order valence-corrected chi connectivity index (χ1v) is 11.2. The minimum Gasteiger partial charge on any atom is -0.493 e.